The lowest BCUT2D eigenvalue weighted by molar-refractivity contribution is 0.00832. The summed E-state index contributed by atoms with van der Waals surface area (Å²) in [5.74, 6) is 0. The molecular formula is C10H23BrO3Si. The maximum Gasteiger partial charge on any atom is 0.512 e. The zero-order valence-electron chi connectivity index (χ0n) is 10.5. The first-order chi connectivity index (χ1) is 6.81. The van der Waals surface area contributed by atoms with Crippen molar-refractivity contribution in [3.8, 4) is 0 Å². The monoisotopic (exact) mass is 298 g/mol. The number of hydrogen-bond acceptors (Lipinski definition) is 3. The molecule has 0 rings (SSSR count). The quantitative estimate of drug-likeness (QED) is 0.534. The molecule has 0 unspecified atom stereocenters. The van der Waals surface area contributed by atoms with Crippen LogP contribution in [-0.2, 0) is 13.3 Å². The van der Waals surface area contributed by atoms with Crippen molar-refractivity contribution in [3.63, 3.8) is 0 Å². The Balaban J connectivity index is 4.59. The smallest absolute Gasteiger partial charge is 0.370 e. The highest BCUT2D eigenvalue weighted by molar-refractivity contribution is 9.09. The maximum absolute atomic E-state index is 5.86. The summed E-state index contributed by atoms with van der Waals surface area (Å²) in [5.41, 5.74) is 0. The molecule has 0 amide bonds. The molecule has 0 heterocycles. The van der Waals surface area contributed by atoms with Gasteiger partial charge in [-0.25, -0.2) is 0 Å². The van der Waals surface area contributed by atoms with E-state index in [0.29, 0.717) is 4.95 Å². The molecule has 0 aromatic carbocycles. The van der Waals surface area contributed by atoms with Crippen molar-refractivity contribution >= 4 is 24.7 Å². The molecule has 0 N–H and O–H groups in total. The first kappa shape index (κ1) is 15.6. The van der Waals surface area contributed by atoms with Gasteiger partial charge in [0.2, 0.25) is 0 Å². The van der Waals surface area contributed by atoms with Crippen LogP contribution in [0.4, 0.5) is 0 Å². The Bertz CT molecular complexity index is 148. The van der Waals surface area contributed by atoms with E-state index in [-0.39, 0.29) is 18.3 Å². The van der Waals surface area contributed by atoms with Crippen molar-refractivity contribution in [2.24, 2.45) is 0 Å². The summed E-state index contributed by atoms with van der Waals surface area (Å²) in [6, 6.07) is 0. The van der Waals surface area contributed by atoms with Crippen molar-refractivity contribution in [3.05, 3.63) is 0 Å². The highest BCUT2D eigenvalue weighted by Crippen LogP contribution is 2.19. The summed E-state index contributed by atoms with van der Waals surface area (Å²) >= 11 is 3.45. The van der Waals surface area contributed by atoms with Crippen molar-refractivity contribution in [1.82, 2.24) is 0 Å². The topological polar surface area (TPSA) is 27.7 Å². The van der Waals surface area contributed by atoms with E-state index in [1.54, 1.807) is 0 Å². The molecule has 0 aromatic rings. The zero-order valence-corrected chi connectivity index (χ0v) is 13.1. The molecule has 0 spiro atoms. The van der Waals surface area contributed by atoms with Crippen LogP contribution < -0.4 is 0 Å². The fraction of sp³-hybridized carbons (Fsp3) is 1.00. The Morgan fingerprint density at radius 2 is 1.07 bits per heavy atom. The van der Waals surface area contributed by atoms with Gasteiger partial charge in [0.1, 0.15) is 0 Å². The number of rotatable bonds is 7. The van der Waals surface area contributed by atoms with Crippen LogP contribution in [0.1, 0.15) is 41.5 Å². The summed E-state index contributed by atoms with van der Waals surface area (Å²) < 4.78 is 17.6. The van der Waals surface area contributed by atoms with Crippen LogP contribution in [0.3, 0.4) is 0 Å². The van der Waals surface area contributed by atoms with Crippen LogP contribution in [0.2, 0.25) is 0 Å². The predicted octanol–water partition coefficient (Wildman–Crippen LogP) is 3.13. The Morgan fingerprint density at radius 3 is 1.20 bits per heavy atom. The third-order valence-corrected chi connectivity index (χ3v) is 6.29. The van der Waals surface area contributed by atoms with Gasteiger partial charge < -0.3 is 13.3 Å². The van der Waals surface area contributed by atoms with E-state index in [4.69, 9.17) is 13.3 Å². The first-order valence-electron chi connectivity index (χ1n) is 5.40. The summed E-state index contributed by atoms with van der Waals surface area (Å²) in [5, 5.41) is 0. The number of alkyl halides is 1. The summed E-state index contributed by atoms with van der Waals surface area (Å²) in [7, 11) is -2.54. The Morgan fingerprint density at radius 1 is 0.800 bits per heavy atom. The molecule has 0 bridgehead atoms. The van der Waals surface area contributed by atoms with Gasteiger partial charge in [0.25, 0.3) is 0 Å². The van der Waals surface area contributed by atoms with Crippen LogP contribution >= 0.6 is 15.9 Å². The van der Waals surface area contributed by atoms with Crippen molar-refractivity contribution < 1.29 is 13.3 Å². The molecule has 0 aliphatic carbocycles. The summed E-state index contributed by atoms with van der Waals surface area (Å²) in [6.07, 6.45) is 0.352. The molecule has 0 saturated heterocycles. The zero-order chi connectivity index (χ0) is 12.1. The van der Waals surface area contributed by atoms with E-state index in [1.807, 2.05) is 41.5 Å². The van der Waals surface area contributed by atoms with E-state index in [0.717, 1.165) is 0 Å². The van der Waals surface area contributed by atoms with Crippen LogP contribution in [0.15, 0.2) is 0 Å². The molecule has 0 aromatic heterocycles. The van der Waals surface area contributed by atoms with Crippen molar-refractivity contribution in [1.29, 1.82) is 0 Å². The van der Waals surface area contributed by atoms with Gasteiger partial charge in [-0.15, -0.1) is 0 Å². The molecule has 15 heavy (non-hydrogen) atoms. The van der Waals surface area contributed by atoms with E-state index in [9.17, 15) is 0 Å². The second-order valence-electron chi connectivity index (χ2n) is 4.32. The van der Waals surface area contributed by atoms with Crippen LogP contribution in [-0.4, -0.2) is 32.1 Å². The van der Waals surface area contributed by atoms with Gasteiger partial charge in [-0.1, -0.05) is 15.9 Å². The summed E-state index contributed by atoms with van der Waals surface area (Å²) in [6.45, 7) is 12.0. The lowest BCUT2D eigenvalue weighted by Crippen LogP contribution is -2.52. The average Bonchev–Trinajstić information content (AvgIpc) is 1.99. The lowest BCUT2D eigenvalue weighted by Gasteiger charge is -2.33. The second kappa shape index (κ2) is 7.01. The van der Waals surface area contributed by atoms with Crippen molar-refractivity contribution in [2.45, 2.75) is 59.9 Å². The SMILES string of the molecule is CC(C)O[Si](CBr)(OC(C)C)OC(C)C. The molecule has 0 fully saturated rings. The number of halogens is 1. The summed E-state index contributed by atoms with van der Waals surface area (Å²) in [4.78, 5) is 0.633. The predicted molar refractivity (Wildman–Crippen MR) is 68.2 cm³/mol. The molecule has 92 valence electrons. The van der Waals surface area contributed by atoms with Crippen LogP contribution in [0.5, 0.6) is 0 Å². The minimum atomic E-state index is -2.54. The highest BCUT2D eigenvalue weighted by atomic mass is 79.9. The lowest BCUT2D eigenvalue weighted by atomic mass is 10.5. The first-order valence-corrected chi connectivity index (χ1v) is 8.46. The average molecular weight is 299 g/mol. The molecular weight excluding hydrogens is 276 g/mol. The third kappa shape index (κ3) is 6.68. The fourth-order valence-corrected chi connectivity index (χ4v) is 4.96. The van der Waals surface area contributed by atoms with Gasteiger partial charge in [-0.2, -0.15) is 0 Å². The van der Waals surface area contributed by atoms with E-state index in [2.05, 4.69) is 15.9 Å². The third-order valence-electron chi connectivity index (χ3n) is 1.41. The van der Waals surface area contributed by atoms with Gasteiger partial charge in [0.15, 0.2) is 0 Å². The van der Waals surface area contributed by atoms with Crippen LogP contribution in [0, 0.1) is 0 Å². The van der Waals surface area contributed by atoms with Gasteiger partial charge in [-0.05, 0) is 41.5 Å². The molecule has 5 heteroatoms. The normalized spacial score (nSPS) is 13.2. The van der Waals surface area contributed by atoms with Crippen molar-refractivity contribution in [2.75, 3.05) is 4.95 Å². The molecule has 0 saturated carbocycles. The highest BCUT2D eigenvalue weighted by Gasteiger charge is 2.43. The van der Waals surface area contributed by atoms with Gasteiger partial charge in [0.05, 0.1) is 4.95 Å². The standard InChI is InChI=1S/C10H23BrO3Si/c1-8(2)12-15(7-11,13-9(3)4)14-10(5)6/h8-10H,7H2,1-6H3. The molecule has 0 aliphatic rings. The minimum absolute atomic E-state index is 0.117. The van der Waals surface area contributed by atoms with E-state index in [1.165, 1.54) is 0 Å². The van der Waals surface area contributed by atoms with Gasteiger partial charge in [-0.3, -0.25) is 0 Å². The van der Waals surface area contributed by atoms with Gasteiger partial charge in [0, 0.05) is 18.3 Å². The van der Waals surface area contributed by atoms with E-state index >= 15 is 0 Å². The van der Waals surface area contributed by atoms with Crippen LogP contribution in [0.25, 0.3) is 0 Å². The maximum atomic E-state index is 5.86. The molecule has 0 atom stereocenters. The minimum Gasteiger partial charge on any atom is -0.370 e. The van der Waals surface area contributed by atoms with Gasteiger partial charge >= 0.3 is 8.80 Å². The fourth-order valence-electron chi connectivity index (χ4n) is 1.26. The Labute approximate surface area is 103 Å². The largest absolute Gasteiger partial charge is 0.512 e. The number of hydrogen-bond donors (Lipinski definition) is 0. The molecule has 0 aliphatic heterocycles. The molecule has 0 radical (unpaired) electrons. The molecule has 3 nitrogen and oxygen atoms in total. The Kier molecular flexibility index (Phi) is 7.28. The Hall–Kier alpha value is 0.577. The van der Waals surface area contributed by atoms with E-state index < -0.39 is 8.80 Å². The second-order valence-corrected chi connectivity index (χ2v) is 8.34.